The van der Waals surface area contributed by atoms with Gasteiger partial charge in [0.1, 0.15) is 5.69 Å². The third-order valence-corrected chi connectivity index (χ3v) is 2.99. The summed E-state index contributed by atoms with van der Waals surface area (Å²) < 4.78 is 0. The molecule has 1 rings (SSSR count). The molecule has 2 N–H and O–H groups in total. The van der Waals surface area contributed by atoms with Gasteiger partial charge >= 0.3 is 0 Å². The minimum absolute atomic E-state index is 0.0700. The van der Waals surface area contributed by atoms with Crippen LogP contribution in [0.3, 0.4) is 0 Å². The van der Waals surface area contributed by atoms with Gasteiger partial charge in [-0.05, 0) is 26.3 Å². The highest BCUT2D eigenvalue weighted by Crippen LogP contribution is 2.30. The van der Waals surface area contributed by atoms with E-state index in [0.29, 0.717) is 17.7 Å². The summed E-state index contributed by atoms with van der Waals surface area (Å²) in [6.45, 7) is 5.38. The van der Waals surface area contributed by atoms with Crippen LogP contribution >= 0.6 is 0 Å². The van der Waals surface area contributed by atoms with Crippen LogP contribution in [0.1, 0.15) is 25.8 Å². The first-order valence-electron chi connectivity index (χ1n) is 5.56. The van der Waals surface area contributed by atoms with Crippen molar-refractivity contribution in [2.24, 2.45) is 0 Å². The van der Waals surface area contributed by atoms with Crippen LogP contribution in [-0.2, 0) is 0 Å². The maximum atomic E-state index is 11.0. The number of benzene rings is 1. The minimum atomic E-state index is -0.543. The maximum absolute atomic E-state index is 11.0. The van der Waals surface area contributed by atoms with Gasteiger partial charge in [0.05, 0.1) is 17.1 Å². The number of hydrogen-bond acceptors (Lipinski definition) is 4. The zero-order valence-corrected chi connectivity index (χ0v) is 10.4. The summed E-state index contributed by atoms with van der Waals surface area (Å²) >= 11 is 0. The maximum Gasteiger partial charge on any atom is 0.295 e. The molecule has 0 aromatic heterocycles. The van der Waals surface area contributed by atoms with Crippen molar-refractivity contribution in [3.8, 4) is 0 Å². The van der Waals surface area contributed by atoms with Crippen LogP contribution in [0.25, 0.3) is 0 Å². The summed E-state index contributed by atoms with van der Waals surface area (Å²) in [6, 6.07) is 5.12. The van der Waals surface area contributed by atoms with Crippen LogP contribution in [0, 0.1) is 17.0 Å². The van der Waals surface area contributed by atoms with Gasteiger partial charge < -0.3 is 10.4 Å². The zero-order valence-electron chi connectivity index (χ0n) is 10.4. The molecule has 5 heteroatoms. The molecular formula is C12H18N2O3. The average molecular weight is 238 g/mol. The van der Waals surface area contributed by atoms with Gasteiger partial charge in [-0.1, -0.05) is 19.1 Å². The lowest BCUT2D eigenvalue weighted by Gasteiger charge is -2.28. The Balaban J connectivity index is 3.15. The highest BCUT2D eigenvalue weighted by atomic mass is 16.6. The predicted octanol–water partition coefficient (Wildman–Crippen LogP) is 2.48. The second-order valence-electron chi connectivity index (χ2n) is 4.43. The van der Waals surface area contributed by atoms with Crippen LogP contribution in [0.2, 0.25) is 0 Å². The van der Waals surface area contributed by atoms with E-state index in [2.05, 4.69) is 5.32 Å². The zero-order chi connectivity index (χ0) is 13.1. The summed E-state index contributed by atoms with van der Waals surface area (Å²) in [5, 5.41) is 23.4. The Morgan fingerprint density at radius 3 is 2.65 bits per heavy atom. The molecule has 1 atom stereocenters. The lowest BCUT2D eigenvalue weighted by molar-refractivity contribution is -0.384. The second-order valence-corrected chi connectivity index (χ2v) is 4.43. The van der Waals surface area contributed by atoms with Crippen molar-refractivity contribution in [3.63, 3.8) is 0 Å². The van der Waals surface area contributed by atoms with Gasteiger partial charge in [-0.25, -0.2) is 0 Å². The minimum Gasteiger partial charge on any atom is -0.394 e. The molecule has 0 saturated heterocycles. The highest BCUT2D eigenvalue weighted by Gasteiger charge is 2.25. The Morgan fingerprint density at radius 1 is 1.53 bits per heavy atom. The van der Waals surface area contributed by atoms with Gasteiger partial charge in [-0.2, -0.15) is 0 Å². The fourth-order valence-electron chi connectivity index (χ4n) is 1.57. The monoisotopic (exact) mass is 238 g/mol. The topological polar surface area (TPSA) is 75.4 Å². The summed E-state index contributed by atoms with van der Waals surface area (Å²) in [6.07, 6.45) is 0.675. The molecular weight excluding hydrogens is 220 g/mol. The Labute approximate surface area is 101 Å². The molecule has 0 spiro atoms. The molecule has 0 aliphatic heterocycles. The Kier molecular flexibility index (Phi) is 4.07. The van der Waals surface area contributed by atoms with E-state index in [1.807, 2.05) is 13.8 Å². The number of nitrogens with zero attached hydrogens (tertiary/aromatic N) is 1. The van der Waals surface area contributed by atoms with Crippen molar-refractivity contribution in [1.29, 1.82) is 0 Å². The number of nitro benzene ring substituents is 1. The fourth-order valence-corrected chi connectivity index (χ4v) is 1.57. The number of nitro groups is 1. The number of aliphatic hydroxyl groups excluding tert-OH is 1. The molecule has 1 aromatic rings. The lowest BCUT2D eigenvalue weighted by Crippen LogP contribution is -2.38. The molecule has 0 heterocycles. The number of nitrogens with one attached hydrogen (secondary N) is 1. The first-order valence-corrected chi connectivity index (χ1v) is 5.56. The van der Waals surface area contributed by atoms with Crippen molar-refractivity contribution in [2.75, 3.05) is 11.9 Å². The second kappa shape index (κ2) is 5.14. The van der Waals surface area contributed by atoms with Gasteiger partial charge in [-0.15, -0.1) is 0 Å². The van der Waals surface area contributed by atoms with Crippen molar-refractivity contribution in [1.82, 2.24) is 0 Å². The predicted molar refractivity (Wildman–Crippen MR) is 67.2 cm³/mol. The van der Waals surface area contributed by atoms with Crippen molar-refractivity contribution < 1.29 is 10.0 Å². The fraction of sp³-hybridized carbons (Fsp3) is 0.500. The quantitative estimate of drug-likeness (QED) is 0.610. The first kappa shape index (κ1) is 13.4. The number of rotatable bonds is 5. The number of para-hydroxylation sites is 1. The number of hydrogen-bond donors (Lipinski definition) is 2. The van der Waals surface area contributed by atoms with E-state index in [1.165, 1.54) is 0 Å². The van der Waals surface area contributed by atoms with Gasteiger partial charge in [0, 0.05) is 5.56 Å². The third kappa shape index (κ3) is 2.94. The van der Waals surface area contributed by atoms with Crippen LogP contribution in [-0.4, -0.2) is 22.2 Å². The molecule has 0 amide bonds. The molecule has 0 bridgehead atoms. The molecule has 0 radical (unpaired) electrons. The van der Waals surface area contributed by atoms with Crippen LogP contribution < -0.4 is 5.32 Å². The van der Waals surface area contributed by atoms with E-state index in [-0.39, 0.29) is 12.3 Å². The van der Waals surface area contributed by atoms with E-state index in [4.69, 9.17) is 0 Å². The average Bonchev–Trinajstić information content (AvgIpc) is 2.28. The van der Waals surface area contributed by atoms with Gasteiger partial charge in [0.25, 0.3) is 5.69 Å². The molecule has 17 heavy (non-hydrogen) atoms. The van der Waals surface area contributed by atoms with Crippen LogP contribution in [0.15, 0.2) is 18.2 Å². The molecule has 1 aromatic carbocycles. The molecule has 0 aliphatic carbocycles. The number of aliphatic hydroxyl groups is 1. The normalized spacial score (nSPS) is 14.1. The largest absolute Gasteiger partial charge is 0.394 e. The Morgan fingerprint density at radius 2 is 2.18 bits per heavy atom. The third-order valence-electron chi connectivity index (χ3n) is 2.99. The van der Waals surface area contributed by atoms with Crippen LogP contribution in [0.4, 0.5) is 11.4 Å². The van der Waals surface area contributed by atoms with Crippen molar-refractivity contribution >= 4 is 11.4 Å². The van der Waals surface area contributed by atoms with Gasteiger partial charge in [0.15, 0.2) is 0 Å². The summed E-state index contributed by atoms with van der Waals surface area (Å²) in [5.74, 6) is 0. The Hall–Kier alpha value is -1.62. The number of anilines is 1. The first-order chi connectivity index (χ1) is 7.93. The van der Waals surface area contributed by atoms with E-state index < -0.39 is 10.5 Å². The van der Waals surface area contributed by atoms with Crippen molar-refractivity contribution in [3.05, 3.63) is 33.9 Å². The van der Waals surface area contributed by atoms with E-state index in [0.717, 1.165) is 0 Å². The summed E-state index contributed by atoms with van der Waals surface area (Å²) in [4.78, 5) is 10.6. The molecule has 0 fully saturated rings. The number of aryl methyl sites for hydroxylation is 1. The SMILES string of the molecule is CCC(C)(CO)Nc1cccc(C)c1[N+](=O)[O-]. The van der Waals surface area contributed by atoms with Crippen LogP contribution in [0.5, 0.6) is 0 Å². The van der Waals surface area contributed by atoms with Gasteiger partial charge in [-0.3, -0.25) is 10.1 Å². The summed E-state index contributed by atoms with van der Waals surface area (Å²) in [5.41, 5.74) is 0.587. The van der Waals surface area contributed by atoms with E-state index >= 15 is 0 Å². The Bertz CT molecular complexity index is 414. The van der Waals surface area contributed by atoms with E-state index in [1.54, 1.807) is 25.1 Å². The molecule has 0 aliphatic rings. The molecule has 5 nitrogen and oxygen atoms in total. The molecule has 1 unspecified atom stereocenters. The molecule has 94 valence electrons. The highest BCUT2D eigenvalue weighted by molar-refractivity contribution is 5.66. The molecule has 0 saturated carbocycles. The lowest BCUT2D eigenvalue weighted by atomic mass is 9.99. The van der Waals surface area contributed by atoms with Gasteiger partial charge in [0.2, 0.25) is 0 Å². The van der Waals surface area contributed by atoms with Crippen molar-refractivity contribution in [2.45, 2.75) is 32.7 Å². The smallest absolute Gasteiger partial charge is 0.295 e. The summed E-state index contributed by atoms with van der Waals surface area (Å²) in [7, 11) is 0. The van der Waals surface area contributed by atoms with E-state index in [9.17, 15) is 15.2 Å². The standard InChI is InChI=1S/C12H18N2O3/c1-4-12(3,8-15)13-10-7-5-6-9(2)11(10)14(16)17/h5-7,13,15H,4,8H2,1-3H3.